The number of carbonyl (C=O) groups is 4. The zero-order valence-corrected chi connectivity index (χ0v) is 16.8. The molecule has 2 aliphatic rings. The van der Waals surface area contributed by atoms with Crippen LogP contribution in [0.5, 0.6) is 5.75 Å². The van der Waals surface area contributed by atoms with Crippen molar-refractivity contribution >= 4 is 23.6 Å². The summed E-state index contributed by atoms with van der Waals surface area (Å²) in [4.78, 5) is 49.5. The summed E-state index contributed by atoms with van der Waals surface area (Å²) in [6, 6.07) is 6.09. The van der Waals surface area contributed by atoms with Crippen LogP contribution in [0.4, 0.5) is 4.79 Å². The molecule has 1 aliphatic carbocycles. The van der Waals surface area contributed by atoms with Gasteiger partial charge in [-0.3, -0.25) is 19.8 Å². The second kappa shape index (κ2) is 8.63. The Balaban J connectivity index is 1.52. The molecule has 1 saturated heterocycles. The number of ether oxygens (including phenoxy) is 1. The number of imide groups is 1. The van der Waals surface area contributed by atoms with Crippen LogP contribution in [0.2, 0.25) is 0 Å². The molecule has 1 heterocycles. The number of hydrogen-bond donors (Lipinski definition) is 2. The van der Waals surface area contributed by atoms with Crippen LogP contribution in [-0.2, 0) is 9.59 Å². The average molecular weight is 401 g/mol. The fourth-order valence-corrected chi connectivity index (χ4v) is 3.77. The van der Waals surface area contributed by atoms with Gasteiger partial charge >= 0.3 is 6.03 Å². The van der Waals surface area contributed by atoms with Gasteiger partial charge in [0.2, 0.25) is 5.91 Å². The number of nitrogens with zero attached hydrogens (tertiary/aromatic N) is 1. The monoisotopic (exact) mass is 401 g/mol. The van der Waals surface area contributed by atoms with Crippen molar-refractivity contribution in [3.8, 4) is 5.75 Å². The lowest BCUT2D eigenvalue weighted by atomic mass is 9.77. The van der Waals surface area contributed by atoms with Crippen LogP contribution in [0.15, 0.2) is 24.3 Å². The first-order valence-electron chi connectivity index (χ1n) is 10.1. The number of hydrazine groups is 1. The van der Waals surface area contributed by atoms with E-state index in [0.717, 1.165) is 17.9 Å². The van der Waals surface area contributed by atoms with Crippen molar-refractivity contribution in [1.82, 2.24) is 15.8 Å². The maximum absolute atomic E-state index is 12.7. The lowest BCUT2D eigenvalue weighted by Gasteiger charge is -2.33. The molecule has 8 heteroatoms. The summed E-state index contributed by atoms with van der Waals surface area (Å²) in [5.74, 6) is 0.0294. The summed E-state index contributed by atoms with van der Waals surface area (Å²) in [7, 11) is 0. The molecular weight excluding hydrogens is 374 g/mol. The van der Waals surface area contributed by atoms with Crippen LogP contribution >= 0.6 is 0 Å². The number of nitrogens with one attached hydrogen (secondary N) is 2. The van der Waals surface area contributed by atoms with E-state index < -0.39 is 23.4 Å². The molecule has 2 N–H and O–H groups in total. The molecule has 0 bridgehead atoms. The van der Waals surface area contributed by atoms with E-state index in [1.165, 1.54) is 0 Å². The quantitative estimate of drug-likeness (QED) is 0.540. The number of benzene rings is 1. The number of carbonyl (C=O) groups excluding carboxylic acids is 4. The summed E-state index contributed by atoms with van der Waals surface area (Å²) < 4.78 is 5.34. The Morgan fingerprint density at radius 1 is 1.17 bits per heavy atom. The predicted octanol–water partition coefficient (Wildman–Crippen LogP) is 2.58. The summed E-state index contributed by atoms with van der Waals surface area (Å²) >= 11 is 0. The van der Waals surface area contributed by atoms with Crippen molar-refractivity contribution in [1.29, 1.82) is 0 Å². The molecule has 0 unspecified atom stereocenters. The Labute approximate surface area is 169 Å². The Morgan fingerprint density at radius 3 is 2.45 bits per heavy atom. The van der Waals surface area contributed by atoms with E-state index in [2.05, 4.69) is 17.7 Å². The molecule has 2 fully saturated rings. The SMILES string of the molecule is CCOc1ccc(C(=O)CCC(=O)NN2C(=O)NC3(CCC(C)CC3)C2=O)cc1. The molecule has 0 aromatic heterocycles. The lowest BCUT2D eigenvalue weighted by Crippen LogP contribution is -2.51. The van der Waals surface area contributed by atoms with Crippen molar-refractivity contribution in [3.63, 3.8) is 0 Å². The molecule has 29 heavy (non-hydrogen) atoms. The van der Waals surface area contributed by atoms with Crippen LogP contribution in [0.3, 0.4) is 0 Å². The molecule has 1 aliphatic heterocycles. The Morgan fingerprint density at radius 2 is 1.83 bits per heavy atom. The first-order valence-corrected chi connectivity index (χ1v) is 10.1. The molecule has 1 saturated carbocycles. The van der Waals surface area contributed by atoms with E-state index in [0.29, 0.717) is 36.7 Å². The summed E-state index contributed by atoms with van der Waals surface area (Å²) in [5.41, 5.74) is 1.92. The largest absolute Gasteiger partial charge is 0.494 e. The normalized spacial score (nSPS) is 23.8. The van der Waals surface area contributed by atoms with Gasteiger partial charge in [-0.1, -0.05) is 6.92 Å². The maximum Gasteiger partial charge on any atom is 0.344 e. The van der Waals surface area contributed by atoms with Crippen molar-refractivity contribution < 1.29 is 23.9 Å². The summed E-state index contributed by atoms with van der Waals surface area (Å²) in [6.07, 6.45) is 2.71. The lowest BCUT2D eigenvalue weighted by molar-refractivity contribution is -0.140. The maximum atomic E-state index is 12.7. The third kappa shape index (κ3) is 4.58. The number of hydrogen-bond acceptors (Lipinski definition) is 5. The summed E-state index contributed by atoms with van der Waals surface area (Å²) in [6.45, 7) is 4.53. The van der Waals surface area contributed by atoms with Crippen LogP contribution in [0.1, 0.15) is 62.7 Å². The van der Waals surface area contributed by atoms with E-state index >= 15 is 0 Å². The van der Waals surface area contributed by atoms with E-state index in [-0.39, 0.29) is 18.6 Å². The second-order valence-corrected chi connectivity index (χ2v) is 7.75. The number of amides is 4. The van der Waals surface area contributed by atoms with E-state index in [1.807, 2.05) is 6.92 Å². The van der Waals surface area contributed by atoms with Gasteiger partial charge in [-0.05, 0) is 62.8 Å². The minimum Gasteiger partial charge on any atom is -0.494 e. The van der Waals surface area contributed by atoms with Gasteiger partial charge in [0.1, 0.15) is 11.3 Å². The summed E-state index contributed by atoms with van der Waals surface area (Å²) in [5, 5.41) is 3.51. The first kappa shape index (κ1) is 20.8. The third-order valence-electron chi connectivity index (χ3n) is 5.59. The highest BCUT2D eigenvalue weighted by molar-refractivity contribution is 6.08. The number of ketones is 1. The van der Waals surface area contributed by atoms with Gasteiger partial charge in [0.25, 0.3) is 5.91 Å². The fourth-order valence-electron chi connectivity index (χ4n) is 3.77. The van der Waals surface area contributed by atoms with E-state index in [4.69, 9.17) is 4.74 Å². The Bertz CT molecular complexity index is 797. The van der Waals surface area contributed by atoms with Crippen molar-refractivity contribution in [3.05, 3.63) is 29.8 Å². The van der Waals surface area contributed by atoms with Gasteiger partial charge in [0.05, 0.1) is 6.61 Å². The molecule has 8 nitrogen and oxygen atoms in total. The Hall–Kier alpha value is -2.90. The second-order valence-electron chi connectivity index (χ2n) is 7.75. The van der Waals surface area contributed by atoms with Crippen LogP contribution in [0.25, 0.3) is 0 Å². The zero-order chi connectivity index (χ0) is 21.0. The molecule has 0 radical (unpaired) electrons. The van der Waals surface area contributed by atoms with Crippen LogP contribution in [-0.4, -0.2) is 40.8 Å². The average Bonchev–Trinajstić information content (AvgIpc) is 2.93. The third-order valence-corrected chi connectivity index (χ3v) is 5.59. The van der Waals surface area contributed by atoms with Gasteiger partial charge < -0.3 is 10.1 Å². The number of urea groups is 1. The van der Waals surface area contributed by atoms with Crippen LogP contribution < -0.4 is 15.5 Å². The molecule has 4 amide bonds. The van der Waals surface area contributed by atoms with Crippen molar-refractivity contribution in [2.24, 2.45) is 5.92 Å². The Kier molecular flexibility index (Phi) is 6.20. The topological polar surface area (TPSA) is 105 Å². The van der Waals surface area contributed by atoms with Gasteiger partial charge in [-0.15, -0.1) is 0 Å². The van der Waals surface area contributed by atoms with E-state index in [9.17, 15) is 19.2 Å². The minimum absolute atomic E-state index is 0.0217. The first-order chi connectivity index (χ1) is 13.8. The van der Waals surface area contributed by atoms with Gasteiger partial charge in [0.15, 0.2) is 5.78 Å². The molecule has 1 aromatic rings. The number of rotatable bonds is 7. The van der Waals surface area contributed by atoms with E-state index in [1.54, 1.807) is 24.3 Å². The molecule has 1 spiro atoms. The van der Waals surface area contributed by atoms with Crippen molar-refractivity contribution in [2.45, 2.75) is 57.9 Å². The highest BCUT2D eigenvalue weighted by Gasteiger charge is 2.52. The zero-order valence-electron chi connectivity index (χ0n) is 16.8. The highest BCUT2D eigenvalue weighted by Crippen LogP contribution is 2.35. The predicted molar refractivity (Wildman–Crippen MR) is 105 cm³/mol. The van der Waals surface area contributed by atoms with Crippen molar-refractivity contribution in [2.75, 3.05) is 6.61 Å². The molecule has 156 valence electrons. The molecule has 1 aromatic carbocycles. The molecular formula is C21H27N3O5. The smallest absolute Gasteiger partial charge is 0.344 e. The standard InChI is InChI=1S/C21H27N3O5/c1-3-29-16-6-4-15(5-7-16)17(25)8-9-18(26)23-24-19(27)21(22-20(24)28)12-10-14(2)11-13-21/h4-7,14H,3,8-13H2,1-2H3,(H,22,28)(H,23,26). The van der Waals surface area contributed by atoms with Crippen LogP contribution in [0, 0.1) is 5.92 Å². The number of Topliss-reactive ketones (excluding diaryl/α,β-unsaturated/α-hetero) is 1. The fraction of sp³-hybridized carbons (Fsp3) is 0.524. The van der Waals surface area contributed by atoms with Gasteiger partial charge in [0, 0.05) is 18.4 Å². The van der Waals surface area contributed by atoms with Gasteiger partial charge in [-0.25, -0.2) is 4.79 Å². The van der Waals surface area contributed by atoms with Gasteiger partial charge in [-0.2, -0.15) is 5.01 Å². The molecule has 0 atom stereocenters. The molecule has 3 rings (SSSR count). The highest BCUT2D eigenvalue weighted by atomic mass is 16.5. The minimum atomic E-state index is -0.908.